The van der Waals surface area contributed by atoms with Gasteiger partial charge in [-0.2, -0.15) is 10.5 Å². The van der Waals surface area contributed by atoms with E-state index in [4.69, 9.17) is 30.1 Å². The molecular weight excluding hydrogens is 680 g/mol. The third-order valence-electron chi connectivity index (χ3n) is 5.82. The Morgan fingerprint density at radius 3 is 1.13 bits per heavy atom. The van der Waals surface area contributed by atoms with E-state index >= 15 is 0 Å². The molecule has 2 aromatic rings. The number of esters is 2. The van der Waals surface area contributed by atoms with Crippen molar-refractivity contribution >= 4 is 47.8 Å². The van der Waals surface area contributed by atoms with Crippen LogP contribution in [0.1, 0.15) is 52.7 Å². The second-order valence-electron chi connectivity index (χ2n) is 12.8. The number of carboxylic acids is 2. The summed E-state index contributed by atoms with van der Waals surface area (Å²) >= 11 is 0. The summed E-state index contributed by atoms with van der Waals surface area (Å²) in [6, 6.07) is 14.8. The molecule has 0 radical (unpaired) electrons. The molecule has 16 heteroatoms. The van der Waals surface area contributed by atoms with Gasteiger partial charge in [0.1, 0.15) is 72.2 Å². The molecule has 0 saturated carbocycles. The number of nitrogens with zero attached hydrogens (tertiary/aromatic N) is 4. The molecule has 2 amide bonds. The summed E-state index contributed by atoms with van der Waals surface area (Å²) in [4.78, 5) is 72.3. The first-order valence-electron chi connectivity index (χ1n) is 15.3. The topological polar surface area (TPSA) is 256 Å². The maximum atomic E-state index is 12.9. The van der Waals surface area contributed by atoms with E-state index in [1.165, 1.54) is 60.7 Å². The Labute approximate surface area is 300 Å². The number of carbonyl (C=O) groups excluding carboxylic acids is 4. The number of hydrogen-bond donors (Lipinski definition) is 4. The molecule has 16 nitrogen and oxygen atoms in total. The van der Waals surface area contributed by atoms with Crippen molar-refractivity contribution in [2.24, 2.45) is 0 Å². The Morgan fingerprint density at radius 2 is 0.885 bits per heavy atom. The number of phenols is 2. The Balaban J connectivity index is 0.000000545. The van der Waals surface area contributed by atoms with Gasteiger partial charge in [0.15, 0.2) is 0 Å². The van der Waals surface area contributed by atoms with Crippen LogP contribution in [0.4, 0.5) is 0 Å². The average Bonchev–Trinajstić information content (AvgIpc) is 3.01. The monoisotopic (exact) mass is 720 g/mol. The maximum Gasteiger partial charge on any atom is 0.326 e. The van der Waals surface area contributed by atoms with Crippen LogP contribution in [0.25, 0.3) is 12.2 Å². The van der Waals surface area contributed by atoms with Crippen LogP contribution in [0.5, 0.6) is 11.5 Å². The van der Waals surface area contributed by atoms with E-state index in [1.54, 1.807) is 53.7 Å². The van der Waals surface area contributed by atoms with Crippen LogP contribution in [-0.2, 0) is 38.2 Å². The Morgan fingerprint density at radius 1 is 0.596 bits per heavy atom. The van der Waals surface area contributed by atoms with E-state index in [9.17, 15) is 39.1 Å². The maximum absolute atomic E-state index is 12.9. The third kappa shape index (κ3) is 17.1. The van der Waals surface area contributed by atoms with Crippen LogP contribution in [-0.4, -0.2) is 103 Å². The van der Waals surface area contributed by atoms with Gasteiger partial charge in [0, 0.05) is 0 Å². The van der Waals surface area contributed by atoms with Crippen molar-refractivity contribution in [2.75, 3.05) is 26.2 Å². The highest BCUT2D eigenvalue weighted by molar-refractivity contribution is 6.04. The Kier molecular flexibility index (Phi) is 16.2. The molecule has 0 spiro atoms. The molecule has 0 aromatic heterocycles. The van der Waals surface area contributed by atoms with Crippen LogP contribution in [0.2, 0.25) is 0 Å². The quantitative estimate of drug-likeness (QED) is 0.140. The van der Waals surface area contributed by atoms with Crippen molar-refractivity contribution in [3.05, 3.63) is 70.8 Å². The lowest BCUT2D eigenvalue weighted by molar-refractivity contribution is -0.163. The number of amides is 2. The van der Waals surface area contributed by atoms with Gasteiger partial charge in [-0.25, -0.2) is 0 Å². The molecule has 0 atom stereocenters. The third-order valence-corrected chi connectivity index (χ3v) is 5.82. The van der Waals surface area contributed by atoms with Crippen molar-refractivity contribution in [3.8, 4) is 23.6 Å². The molecule has 276 valence electrons. The minimum absolute atomic E-state index is 0.000338. The summed E-state index contributed by atoms with van der Waals surface area (Å²) in [5.41, 5.74) is -1.34. The largest absolute Gasteiger partial charge is 0.508 e. The van der Waals surface area contributed by atoms with Gasteiger partial charge in [-0.1, -0.05) is 24.3 Å². The van der Waals surface area contributed by atoms with Gasteiger partial charge in [-0.3, -0.25) is 28.8 Å². The predicted molar refractivity (Wildman–Crippen MR) is 184 cm³/mol. The van der Waals surface area contributed by atoms with Gasteiger partial charge in [-0.05, 0) is 89.1 Å². The van der Waals surface area contributed by atoms with Gasteiger partial charge in [0.05, 0.1) is 0 Å². The molecule has 2 rings (SSSR count). The fourth-order valence-corrected chi connectivity index (χ4v) is 3.88. The number of carbonyl (C=O) groups is 6. The van der Waals surface area contributed by atoms with E-state index in [-0.39, 0.29) is 17.1 Å². The highest BCUT2D eigenvalue weighted by Gasteiger charge is 2.28. The van der Waals surface area contributed by atoms with Crippen molar-refractivity contribution in [1.29, 1.82) is 10.5 Å². The fraction of sp³-hybridized carbons (Fsp3) is 0.333. The van der Waals surface area contributed by atoms with E-state index in [0.717, 1.165) is 4.90 Å². The highest BCUT2D eigenvalue weighted by atomic mass is 16.6. The highest BCUT2D eigenvalue weighted by Crippen LogP contribution is 2.17. The van der Waals surface area contributed by atoms with Gasteiger partial charge >= 0.3 is 23.9 Å². The van der Waals surface area contributed by atoms with Crippen molar-refractivity contribution in [1.82, 2.24) is 9.80 Å². The molecule has 0 heterocycles. The summed E-state index contributed by atoms with van der Waals surface area (Å²) in [7, 11) is 0. The summed E-state index contributed by atoms with van der Waals surface area (Å²) < 4.78 is 10.5. The summed E-state index contributed by atoms with van der Waals surface area (Å²) in [5.74, 6) is -6.01. The lowest BCUT2D eigenvalue weighted by Crippen LogP contribution is -2.43. The molecular formula is C36H40N4O12. The number of rotatable bonds is 12. The van der Waals surface area contributed by atoms with E-state index in [1.807, 2.05) is 0 Å². The lowest BCUT2D eigenvalue weighted by atomic mass is 10.1. The average molecular weight is 721 g/mol. The smallest absolute Gasteiger partial charge is 0.326 e. The molecule has 0 bridgehead atoms. The van der Waals surface area contributed by atoms with Crippen LogP contribution >= 0.6 is 0 Å². The first-order chi connectivity index (χ1) is 24.0. The second kappa shape index (κ2) is 19.5. The van der Waals surface area contributed by atoms with Gasteiger partial charge in [0.25, 0.3) is 11.8 Å². The minimum Gasteiger partial charge on any atom is -0.508 e. The number of benzene rings is 2. The van der Waals surface area contributed by atoms with E-state index in [2.05, 4.69) is 0 Å². The molecule has 0 saturated heterocycles. The van der Waals surface area contributed by atoms with Crippen molar-refractivity contribution in [2.45, 2.75) is 52.7 Å². The van der Waals surface area contributed by atoms with Crippen molar-refractivity contribution < 1.29 is 58.7 Å². The van der Waals surface area contributed by atoms with Crippen LogP contribution < -0.4 is 0 Å². The zero-order chi connectivity index (χ0) is 39.8. The molecule has 0 aliphatic rings. The number of carboxylic acid groups (broad SMARTS) is 2. The Hall–Kier alpha value is -6.68. The van der Waals surface area contributed by atoms with Gasteiger partial charge < -0.3 is 39.7 Å². The lowest BCUT2D eigenvalue weighted by Gasteiger charge is -2.26. The number of ether oxygens (including phenoxy) is 2. The van der Waals surface area contributed by atoms with Crippen LogP contribution in [0.3, 0.4) is 0 Å². The van der Waals surface area contributed by atoms with Gasteiger partial charge in [-0.15, -0.1) is 0 Å². The normalized spacial score (nSPS) is 11.4. The summed E-state index contributed by atoms with van der Waals surface area (Å²) in [6.07, 6.45) is 2.48. The van der Waals surface area contributed by atoms with E-state index in [0.29, 0.717) is 16.0 Å². The molecule has 2 aromatic carbocycles. The predicted octanol–water partition coefficient (Wildman–Crippen LogP) is 3.11. The molecule has 0 aliphatic carbocycles. The minimum atomic E-state index is -1.39. The first kappa shape index (κ1) is 43.3. The van der Waals surface area contributed by atoms with E-state index < -0.39 is 78.6 Å². The fourth-order valence-electron chi connectivity index (χ4n) is 3.88. The van der Waals surface area contributed by atoms with Crippen molar-refractivity contribution in [3.63, 3.8) is 0 Å². The standard InChI is InChI=1S/C22H28N2O6.C14H12N2O6/c1-21(2,3)29-18(26)13-24(14-19(27)30-22(4,5)6)20(28)16(12-23)11-15-7-9-17(25)10-8-15;15-6-10(5-9-1-3-11(17)4-2-9)14(22)16(7-12(18)19)8-13(20)21/h7-11,25H,13-14H2,1-6H3;1-5,17H,7-8H2,(H,18,19)(H,20,21)/b16-11+;10-5+. The molecule has 4 N–H and O–H groups in total. The zero-order valence-corrected chi connectivity index (χ0v) is 29.4. The number of aliphatic carboxylic acids is 2. The zero-order valence-electron chi connectivity index (χ0n) is 29.4. The van der Waals surface area contributed by atoms with Crippen LogP contribution in [0.15, 0.2) is 59.7 Å². The SMILES string of the molecule is CC(C)(C)OC(=O)CN(CC(=O)OC(C)(C)C)C(=O)/C(C#N)=C/c1ccc(O)cc1.N#C/C(=C\c1ccc(O)cc1)C(=O)N(CC(=O)O)CC(=O)O. The molecule has 0 unspecified atom stereocenters. The summed E-state index contributed by atoms with van der Waals surface area (Å²) in [5, 5.41) is 54.4. The molecule has 52 heavy (non-hydrogen) atoms. The molecule has 0 fully saturated rings. The van der Waals surface area contributed by atoms with Gasteiger partial charge in [0.2, 0.25) is 0 Å². The van der Waals surface area contributed by atoms with Crippen LogP contribution in [0, 0.1) is 22.7 Å². The first-order valence-corrected chi connectivity index (χ1v) is 15.3. The summed E-state index contributed by atoms with van der Waals surface area (Å²) in [6.45, 7) is 7.35. The number of phenolic OH excluding ortho intramolecular Hbond substituents is 2. The second-order valence-corrected chi connectivity index (χ2v) is 12.8. The molecule has 0 aliphatic heterocycles. The Bertz CT molecular complexity index is 1720. The number of hydrogen-bond acceptors (Lipinski definition) is 12. The number of aromatic hydroxyl groups is 2. The number of nitriles is 2.